The van der Waals surface area contributed by atoms with E-state index in [0.717, 1.165) is 17.4 Å². The largest absolute Gasteiger partial charge is 0.484 e. The van der Waals surface area contributed by atoms with Crippen molar-refractivity contribution in [3.05, 3.63) is 126 Å². The maximum Gasteiger partial charge on any atom is 0.271 e. The molecule has 0 unspecified atom stereocenters. The van der Waals surface area contributed by atoms with Crippen LogP contribution in [0.5, 0.6) is 5.75 Å². The number of anilines is 2. The molecule has 10 heteroatoms. The number of rotatable bonds is 11. The SMILES string of the molecule is CS(=O)(=O)N(Cc1ccc(C(=O)N/N=C\c2ccc(OCC(=O)Nc3ccccc3)cc2)cc1)c1ccccc1. The summed E-state index contributed by atoms with van der Waals surface area (Å²) in [5.74, 6) is -0.155. The second kappa shape index (κ2) is 13.2. The van der Waals surface area contributed by atoms with Gasteiger partial charge in [-0.2, -0.15) is 5.10 Å². The van der Waals surface area contributed by atoms with Crippen LogP contribution in [0, 0.1) is 0 Å². The van der Waals surface area contributed by atoms with Gasteiger partial charge in [0.05, 0.1) is 24.7 Å². The number of nitrogens with one attached hydrogen (secondary N) is 2. The van der Waals surface area contributed by atoms with Gasteiger partial charge in [0, 0.05) is 11.3 Å². The van der Waals surface area contributed by atoms with Crippen LogP contribution < -0.4 is 19.8 Å². The number of ether oxygens (including phenoxy) is 1. The van der Waals surface area contributed by atoms with E-state index in [1.165, 1.54) is 10.5 Å². The number of hydrazone groups is 1. The molecule has 0 heterocycles. The summed E-state index contributed by atoms with van der Waals surface area (Å²) in [6.45, 7) is 0.00995. The third-order valence-corrected chi connectivity index (χ3v) is 6.81. The Morgan fingerprint density at radius 3 is 2.10 bits per heavy atom. The Morgan fingerprint density at radius 1 is 0.850 bits per heavy atom. The highest BCUT2D eigenvalue weighted by atomic mass is 32.2. The molecule has 0 radical (unpaired) electrons. The van der Waals surface area contributed by atoms with Gasteiger partial charge in [0.15, 0.2) is 6.61 Å². The van der Waals surface area contributed by atoms with Crippen molar-refractivity contribution < 1.29 is 22.7 Å². The van der Waals surface area contributed by atoms with Crippen LogP contribution in [0.2, 0.25) is 0 Å². The van der Waals surface area contributed by atoms with E-state index >= 15 is 0 Å². The van der Waals surface area contributed by atoms with Crippen LogP contribution in [0.15, 0.2) is 114 Å². The van der Waals surface area contributed by atoms with Crippen LogP contribution in [0.25, 0.3) is 0 Å². The van der Waals surface area contributed by atoms with E-state index in [2.05, 4.69) is 15.8 Å². The lowest BCUT2D eigenvalue weighted by Crippen LogP contribution is -2.29. The maximum absolute atomic E-state index is 12.5. The molecule has 2 N–H and O–H groups in total. The Balaban J connectivity index is 1.26. The molecule has 9 nitrogen and oxygen atoms in total. The Bertz CT molecular complexity index is 1560. The quantitative estimate of drug-likeness (QED) is 0.209. The molecule has 0 aliphatic rings. The first-order valence-electron chi connectivity index (χ1n) is 12.3. The molecule has 0 atom stereocenters. The van der Waals surface area contributed by atoms with Crippen LogP contribution in [-0.4, -0.2) is 39.3 Å². The topological polar surface area (TPSA) is 117 Å². The number of hydrogen-bond acceptors (Lipinski definition) is 6. The predicted molar refractivity (Wildman–Crippen MR) is 156 cm³/mol. The minimum Gasteiger partial charge on any atom is -0.484 e. The number of carbonyl (C=O) groups is 2. The third kappa shape index (κ3) is 8.27. The van der Waals surface area contributed by atoms with Crippen molar-refractivity contribution in [2.75, 3.05) is 22.5 Å². The van der Waals surface area contributed by atoms with Gasteiger partial charge in [0.25, 0.3) is 11.8 Å². The van der Waals surface area contributed by atoms with Gasteiger partial charge in [-0.05, 0) is 71.8 Å². The summed E-state index contributed by atoms with van der Waals surface area (Å²) in [7, 11) is -3.49. The monoisotopic (exact) mass is 556 g/mol. The van der Waals surface area contributed by atoms with Crippen molar-refractivity contribution in [1.29, 1.82) is 0 Å². The fraction of sp³-hybridized carbons (Fsp3) is 0.100. The standard InChI is InChI=1S/C30H28N4O5S/c1-40(37,38)34(27-10-6-3-7-11-27)21-24-12-16-25(17-13-24)30(36)33-31-20-23-14-18-28(19-15-23)39-22-29(35)32-26-8-4-2-5-9-26/h2-20H,21-22H2,1H3,(H,32,35)(H,33,36)/b31-20-. The summed E-state index contributed by atoms with van der Waals surface area (Å²) < 4.78 is 31.4. The first kappa shape index (κ1) is 28.1. The molecule has 204 valence electrons. The highest BCUT2D eigenvalue weighted by Crippen LogP contribution is 2.20. The fourth-order valence-electron chi connectivity index (χ4n) is 3.67. The first-order chi connectivity index (χ1) is 19.3. The van der Waals surface area contributed by atoms with E-state index in [1.807, 2.05) is 24.3 Å². The van der Waals surface area contributed by atoms with Crippen LogP contribution >= 0.6 is 0 Å². The van der Waals surface area contributed by atoms with Crippen molar-refractivity contribution >= 4 is 39.4 Å². The maximum atomic E-state index is 12.5. The van der Waals surface area contributed by atoms with E-state index in [0.29, 0.717) is 22.7 Å². The highest BCUT2D eigenvalue weighted by Gasteiger charge is 2.17. The summed E-state index contributed by atoms with van der Waals surface area (Å²) in [5, 5.41) is 6.74. The predicted octanol–water partition coefficient (Wildman–Crippen LogP) is 4.43. The summed E-state index contributed by atoms with van der Waals surface area (Å²) in [6, 6.07) is 31.5. The molecule has 0 aliphatic heterocycles. The second-order valence-corrected chi connectivity index (χ2v) is 10.7. The van der Waals surface area contributed by atoms with Gasteiger partial charge in [0.1, 0.15) is 5.75 Å². The van der Waals surface area contributed by atoms with Gasteiger partial charge in [-0.15, -0.1) is 0 Å². The van der Waals surface area contributed by atoms with Crippen molar-refractivity contribution in [2.24, 2.45) is 5.10 Å². The molecule has 0 aliphatic carbocycles. The smallest absolute Gasteiger partial charge is 0.271 e. The second-order valence-electron chi connectivity index (χ2n) is 8.77. The fourth-order valence-corrected chi connectivity index (χ4v) is 4.56. The van der Waals surface area contributed by atoms with Crippen LogP contribution in [-0.2, 0) is 21.4 Å². The summed E-state index contributed by atoms with van der Waals surface area (Å²) >= 11 is 0. The van der Waals surface area contributed by atoms with Gasteiger partial charge >= 0.3 is 0 Å². The zero-order chi connectivity index (χ0) is 28.4. The van der Waals surface area contributed by atoms with E-state index < -0.39 is 15.9 Å². The molecule has 4 aromatic rings. The van der Waals surface area contributed by atoms with Gasteiger partial charge in [-0.3, -0.25) is 13.9 Å². The molecule has 0 saturated heterocycles. The number of sulfonamides is 1. The minimum absolute atomic E-state index is 0.129. The number of para-hydroxylation sites is 2. The Labute approximate surface area is 233 Å². The molecule has 0 fully saturated rings. The number of hydrogen-bond donors (Lipinski definition) is 2. The molecule has 0 saturated carbocycles. The lowest BCUT2D eigenvalue weighted by atomic mass is 10.1. The van der Waals surface area contributed by atoms with E-state index in [1.54, 1.807) is 84.9 Å². The Hall–Kier alpha value is -4.96. The third-order valence-electron chi connectivity index (χ3n) is 5.67. The molecule has 40 heavy (non-hydrogen) atoms. The number of amides is 2. The van der Waals surface area contributed by atoms with Crippen molar-refractivity contribution in [2.45, 2.75) is 6.54 Å². The van der Waals surface area contributed by atoms with Gasteiger partial charge < -0.3 is 10.1 Å². The molecule has 0 spiro atoms. The average Bonchev–Trinajstić information content (AvgIpc) is 2.96. The Morgan fingerprint density at radius 2 is 1.48 bits per heavy atom. The van der Waals surface area contributed by atoms with Gasteiger partial charge in [-0.1, -0.05) is 48.5 Å². The molecule has 2 amide bonds. The number of benzene rings is 4. The van der Waals surface area contributed by atoms with Gasteiger partial charge in [-0.25, -0.2) is 13.8 Å². The zero-order valence-electron chi connectivity index (χ0n) is 21.7. The highest BCUT2D eigenvalue weighted by molar-refractivity contribution is 7.92. The first-order valence-corrected chi connectivity index (χ1v) is 14.2. The van der Waals surface area contributed by atoms with Crippen LogP contribution in [0.3, 0.4) is 0 Å². The number of carbonyl (C=O) groups excluding carboxylic acids is 2. The average molecular weight is 557 g/mol. The lowest BCUT2D eigenvalue weighted by molar-refractivity contribution is -0.118. The Kier molecular flexibility index (Phi) is 9.27. The van der Waals surface area contributed by atoms with Gasteiger partial charge in [0.2, 0.25) is 10.0 Å². The lowest BCUT2D eigenvalue weighted by Gasteiger charge is -2.22. The summed E-state index contributed by atoms with van der Waals surface area (Å²) in [4.78, 5) is 24.5. The normalized spacial score (nSPS) is 11.1. The van der Waals surface area contributed by atoms with E-state index in [-0.39, 0.29) is 19.1 Å². The van der Waals surface area contributed by atoms with E-state index in [4.69, 9.17) is 4.74 Å². The number of nitrogens with zero attached hydrogens (tertiary/aromatic N) is 2. The molecule has 4 rings (SSSR count). The molecule has 4 aromatic carbocycles. The van der Waals surface area contributed by atoms with Crippen molar-refractivity contribution in [3.8, 4) is 5.75 Å². The minimum atomic E-state index is -3.49. The zero-order valence-corrected chi connectivity index (χ0v) is 22.5. The molecular weight excluding hydrogens is 528 g/mol. The van der Waals surface area contributed by atoms with Crippen molar-refractivity contribution in [3.63, 3.8) is 0 Å². The molecule has 0 bridgehead atoms. The summed E-state index contributed by atoms with van der Waals surface area (Å²) in [5.41, 5.74) is 5.57. The summed E-state index contributed by atoms with van der Waals surface area (Å²) in [6.07, 6.45) is 2.65. The van der Waals surface area contributed by atoms with E-state index in [9.17, 15) is 18.0 Å². The van der Waals surface area contributed by atoms with Crippen LogP contribution in [0.1, 0.15) is 21.5 Å². The van der Waals surface area contributed by atoms with Crippen molar-refractivity contribution in [1.82, 2.24) is 5.43 Å². The molecular formula is C30H28N4O5S. The molecule has 0 aromatic heterocycles. The van der Waals surface area contributed by atoms with Crippen LogP contribution in [0.4, 0.5) is 11.4 Å².